The summed E-state index contributed by atoms with van der Waals surface area (Å²) in [7, 11) is 0. The fourth-order valence-corrected chi connectivity index (χ4v) is 5.07. The van der Waals surface area contributed by atoms with Gasteiger partial charge in [0, 0.05) is 11.8 Å². The maximum absolute atomic E-state index is 14.0. The van der Waals surface area contributed by atoms with Crippen LogP contribution < -0.4 is 5.32 Å². The van der Waals surface area contributed by atoms with E-state index in [2.05, 4.69) is 50.2 Å². The monoisotopic (exact) mass is 433 g/mol. The SMILES string of the molecule is CCC(CC)(CC(=O)c1cnn2c1NC(c1ccccc1)CC2(C)C)c1cccc(F)c1. The Morgan fingerprint density at radius 1 is 1.16 bits per heavy atom. The Morgan fingerprint density at radius 3 is 2.53 bits per heavy atom. The Bertz CT molecular complexity index is 1100. The summed E-state index contributed by atoms with van der Waals surface area (Å²) in [6, 6.07) is 17.1. The van der Waals surface area contributed by atoms with Gasteiger partial charge in [-0.1, -0.05) is 56.3 Å². The van der Waals surface area contributed by atoms with Crippen LogP contribution >= 0.6 is 0 Å². The van der Waals surface area contributed by atoms with Gasteiger partial charge in [-0.15, -0.1) is 0 Å². The molecule has 4 nitrogen and oxygen atoms in total. The number of fused-ring (bicyclic) bond motifs is 1. The molecule has 0 spiro atoms. The van der Waals surface area contributed by atoms with Crippen LogP contribution in [0.2, 0.25) is 0 Å². The van der Waals surface area contributed by atoms with E-state index in [-0.39, 0.29) is 23.2 Å². The summed E-state index contributed by atoms with van der Waals surface area (Å²) in [5.74, 6) is 0.551. The van der Waals surface area contributed by atoms with Gasteiger partial charge in [0.1, 0.15) is 11.6 Å². The second-order valence-electron chi connectivity index (χ2n) is 9.54. The van der Waals surface area contributed by atoms with Crippen molar-refractivity contribution < 1.29 is 9.18 Å². The minimum absolute atomic E-state index is 0.0382. The lowest BCUT2D eigenvalue weighted by atomic mass is 9.71. The van der Waals surface area contributed by atoms with E-state index < -0.39 is 5.41 Å². The van der Waals surface area contributed by atoms with Gasteiger partial charge < -0.3 is 5.32 Å². The maximum atomic E-state index is 14.0. The Hall–Kier alpha value is -2.95. The van der Waals surface area contributed by atoms with Crippen LogP contribution in [0.5, 0.6) is 0 Å². The summed E-state index contributed by atoms with van der Waals surface area (Å²) in [4.78, 5) is 13.6. The van der Waals surface area contributed by atoms with E-state index in [1.165, 1.54) is 11.6 Å². The van der Waals surface area contributed by atoms with Crippen molar-refractivity contribution in [1.82, 2.24) is 9.78 Å². The molecular weight excluding hydrogens is 401 g/mol. The summed E-state index contributed by atoms with van der Waals surface area (Å²) in [6.45, 7) is 8.46. The van der Waals surface area contributed by atoms with Crippen LogP contribution in [-0.2, 0) is 11.0 Å². The molecule has 1 aliphatic rings. The van der Waals surface area contributed by atoms with Gasteiger partial charge in [-0.05, 0) is 56.4 Å². The Kier molecular flexibility index (Phi) is 5.93. The fourth-order valence-electron chi connectivity index (χ4n) is 5.07. The van der Waals surface area contributed by atoms with E-state index in [0.29, 0.717) is 12.0 Å². The largest absolute Gasteiger partial charge is 0.363 e. The first-order chi connectivity index (χ1) is 15.3. The first-order valence-corrected chi connectivity index (χ1v) is 11.5. The van der Waals surface area contributed by atoms with Crippen molar-refractivity contribution in [3.63, 3.8) is 0 Å². The standard InChI is InChI=1S/C27H32FN3O/c1-5-27(6-2,20-13-10-14-21(28)15-20)17-24(32)22-18-29-31-25(22)30-23(16-26(31,3)4)19-11-8-7-9-12-19/h7-15,18,23,30H,5-6,16-17H2,1-4H3. The highest BCUT2D eigenvalue weighted by Gasteiger charge is 2.38. The van der Waals surface area contributed by atoms with Gasteiger partial charge >= 0.3 is 0 Å². The molecule has 0 fully saturated rings. The van der Waals surface area contributed by atoms with Crippen molar-refractivity contribution in [2.45, 2.75) is 70.4 Å². The Labute approximate surface area is 189 Å². The number of ketones is 1. The second kappa shape index (κ2) is 8.53. The van der Waals surface area contributed by atoms with Crippen LogP contribution in [0.3, 0.4) is 0 Å². The zero-order chi connectivity index (χ0) is 22.9. The molecule has 0 saturated carbocycles. The third kappa shape index (κ3) is 3.96. The highest BCUT2D eigenvalue weighted by Crippen LogP contribution is 2.42. The van der Waals surface area contributed by atoms with Crippen LogP contribution in [0.1, 0.15) is 80.9 Å². The quantitative estimate of drug-likeness (QED) is 0.425. The Morgan fingerprint density at radius 2 is 1.88 bits per heavy atom. The lowest BCUT2D eigenvalue weighted by Gasteiger charge is -2.38. The van der Waals surface area contributed by atoms with Crippen molar-refractivity contribution in [3.05, 3.63) is 83.3 Å². The normalized spacial score (nSPS) is 17.5. The molecule has 0 amide bonds. The number of carbonyl (C=O) groups excluding carboxylic acids is 1. The minimum Gasteiger partial charge on any atom is -0.363 e. The first kappa shape index (κ1) is 22.3. The van der Waals surface area contributed by atoms with Crippen molar-refractivity contribution in [1.29, 1.82) is 0 Å². The van der Waals surface area contributed by atoms with Gasteiger partial charge in [0.2, 0.25) is 0 Å². The fraction of sp³-hybridized carbons (Fsp3) is 0.407. The van der Waals surface area contributed by atoms with Crippen LogP contribution in [0.4, 0.5) is 10.2 Å². The average molecular weight is 434 g/mol. The highest BCUT2D eigenvalue weighted by molar-refractivity contribution is 6.01. The number of nitrogens with zero attached hydrogens (tertiary/aromatic N) is 2. The number of anilines is 1. The molecule has 3 aromatic rings. The number of benzene rings is 2. The summed E-state index contributed by atoms with van der Waals surface area (Å²) in [6.07, 6.45) is 4.40. The number of rotatable bonds is 7. The Balaban J connectivity index is 1.68. The van der Waals surface area contributed by atoms with Crippen LogP contribution in [0.15, 0.2) is 60.8 Å². The van der Waals surface area contributed by atoms with Crippen molar-refractivity contribution in [3.8, 4) is 0 Å². The van der Waals surface area contributed by atoms with Crippen LogP contribution in [0.25, 0.3) is 0 Å². The van der Waals surface area contributed by atoms with Crippen molar-refractivity contribution >= 4 is 11.6 Å². The maximum Gasteiger partial charge on any atom is 0.169 e. The zero-order valence-electron chi connectivity index (χ0n) is 19.4. The minimum atomic E-state index is -0.406. The third-order valence-electron chi connectivity index (χ3n) is 7.15. The molecule has 0 radical (unpaired) electrons. The second-order valence-corrected chi connectivity index (χ2v) is 9.54. The molecule has 32 heavy (non-hydrogen) atoms. The number of halogens is 1. The molecule has 1 N–H and O–H groups in total. The highest BCUT2D eigenvalue weighted by atomic mass is 19.1. The van der Waals surface area contributed by atoms with E-state index in [0.717, 1.165) is 30.6 Å². The van der Waals surface area contributed by atoms with Crippen LogP contribution in [-0.4, -0.2) is 15.6 Å². The number of carbonyl (C=O) groups is 1. The van der Waals surface area contributed by atoms with E-state index in [9.17, 15) is 9.18 Å². The molecule has 168 valence electrons. The predicted molar refractivity (Wildman–Crippen MR) is 127 cm³/mol. The molecule has 0 aliphatic carbocycles. The first-order valence-electron chi connectivity index (χ1n) is 11.5. The molecule has 1 atom stereocenters. The van der Waals surface area contributed by atoms with E-state index >= 15 is 0 Å². The topological polar surface area (TPSA) is 46.9 Å². The number of hydrogen-bond acceptors (Lipinski definition) is 3. The van der Waals surface area contributed by atoms with Crippen molar-refractivity contribution in [2.75, 3.05) is 5.32 Å². The molecule has 5 heteroatoms. The summed E-state index contributed by atoms with van der Waals surface area (Å²) >= 11 is 0. The molecule has 0 saturated heterocycles. The smallest absolute Gasteiger partial charge is 0.169 e. The lowest BCUT2D eigenvalue weighted by Crippen LogP contribution is -2.38. The summed E-state index contributed by atoms with van der Waals surface area (Å²) in [5, 5.41) is 8.19. The van der Waals surface area contributed by atoms with Crippen molar-refractivity contribution in [2.24, 2.45) is 0 Å². The molecule has 1 aliphatic heterocycles. The molecule has 0 bridgehead atoms. The number of nitrogens with one attached hydrogen (secondary N) is 1. The number of hydrogen-bond donors (Lipinski definition) is 1. The number of aromatic nitrogens is 2. The molecule has 1 unspecified atom stereocenters. The van der Waals surface area contributed by atoms with Crippen LogP contribution in [0, 0.1) is 5.82 Å². The van der Waals surface area contributed by atoms with Gasteiger partial charge in [-0.3, -0.25) is 4.79 Å². The van der Waals surface area contributed by atoms with Gasteiger partial charge in [0.15, 0.2) is 5.78 Å². The van der Waals surface area contributed by atoms with Gasteiger partial charge in [-0.25, -0.2) is 9.07 Å². The van der Waals surface area contributed by atoms with E-state index in [1.807, 2.05) is 28.9 Å². The molecule has 1 aromatic heterocycles. The molecule has 2 aromatic carbocycles. The lowest BCUT2D eigenvalue weighted by molar-refractivity contribution is 0.0944. The molecule has 4 rings (SSSR count). The molecular formula is C27H32FN3O. The van der Waals surface area contributed by atoms with Gasteiger partial charge in [0.05, 0.1) is 23.3 Å². The average Bonchev–Trinajstić information content (AvgIpc) is 3.23. The van der Waals surface area contributed by atoms with Gasteiger partial charge in [0.25, 0.3) is 0 Å². The van der Waals surface area contributed by atoms with Gasteiger partial charge in [-0.2, -0.15) is 5.10 Å². The zero-order valence-corrected chi connectivity index (χ0v) is 19.4. The predicted octanol–water partition coefficient (Wildman–Crippen LogP) is 6.65. The van der Waals surface area contributed by atoms with E-state index in [4.69, 9.17) is 0 Å². The molecule has 2 heterocycles. The van der Waals surface area contributed by atoms with E-state index in [1.54, 1.807) is 18.3 Å². The summed E-state index contributed by atoms with van der Waals surface area (Å²) < 4.78 is 15.9. The number of Topliss-reactive ketones (excluding diaryl/α,β-unsaturated/α-hetero) is 1. The summed E-state index contributed by atoms with van der Waals surface area (Å²) in [5.41, 5.74) is 2.06. The third-order valence-corrected chi connectivity index (χ3v) is 7.15.